The highest BCUT2D eigenvalue weighted by molar-refractivity contribution is 5.85. The van der Waals surface area contributed by atoms with E-state index in [4.69, 9.17) is 9.47 Å². The molecule has 0 atom stereocenters. The molecule has 4 nitrogen and oxygen atoms in total. The van der Waals surface area contributed by atoms with Crippen molar-refractivity contribution in [3.05, 3.63) is 18.2 Å². The standard InChI is InChI=1S/C12H16N2O2.2ClH/c1-2-11-12(16-8-7-15-11)9-10(1)14-5-3-13-4-6-14;;/h1-2,9,13H,3-8H2;2*1H. The third-order valence-electron chi connectivity index (χ3n) is 3.01. The summed E-state index contributed by atoms with van der Waals surface area (Å²) in [6, 6.07) is 6.20. The van der Waals surface area contributed by atoms with Crippen molar-refractivity contribution < 1.29 is 9.47 Å². The molecule has 1 saturated heterocycles. The van der Waals surface area contributed by atoms with Gasteiger partial charge in [0.25, 0.3) is 0 Å². The SMILES string of the molecule is Cl.Cl.c1cc2c(cc1N1CCNCC1)OCCO2. The van der Waals surface area contributed by atoms with E-state index in [1.165, 1.54) is 5.69 Å². The van der Waals surface area contributed by atoms with Gasteiger partial charge in [-0.3, -0.25) is 0 Å². The summed E-state index contributed by atoms with van der Waals surface area (Å²) in [4.78, 5) is 2.37. The van der Waals surface area contributed by atoms with Crippen LogP contribution < -0.4 is 19.7 Å². The quantitative estimate of drug-likeness (QED) is 0.855. The first-order valence-corrected chi connectivity index (χ1v) is 5.79. The van der Waals surface area contributed by atoms with Gasteiger partial charge in [-0.2, -0.15) is 0 Å². The van der Waals surface area contributed by atoms with Crippen LogP contribution in [0, 0.1) is 0 Å². The van der Waals surface area contributed by atoms with Crippen LogP contribution in [0.3, 0.4) is 0 Å². The lowest BCUT2D eigenvalue weighted by molar-refractivity contribution is 0.171. The fourth-order valence-electron chi connectivity index (χ4n) is 2.15. The van der Waals surface area contributed by atoms with E-state index in [0.717, 1.165) is 37.7 Å². The van der Waals surface area contributed by atoms with E-state index in [1.54, 1.807) is 0 Å². The van der Waals surface area contributed by atoms with Gasteiger partial charge in [0.1, 0.15) is 13.2 Å². The van der Waals surface area contributed by atoms with Crippen molar-refractivity contribution in [2.45, 2.75) is 0 Å². The lowest BCUT2D eigenvalue weighted by Gasteiger charge is -2.30. The molecule has 102 valence electrons. The number of benzene rings is 1. The van der Waals surface area contributed by atoms with Gasteiger partial charge in [0.2, 0.25) is 0 Å². The Morgan fingerprint density at radius 3 is 2.33 bits per heavy atom. The van der Waals surface area contributed by atoms with Crippen molar-refractivity contribution in [2.24, 2.45) is 0 Å². The molecule has 0 spiro atoms. The molecule has 0 saturated carbocycles. The van der Waals surface area contributed by atoms with Crippen molar-refractivity contribution in [3.63, 3.8) is 0 Å². The molecule has 1 fully saturated rings. The number of ether oxygens (including phenoxy) is 2. The number of halogens is 2. The van der Waals surface area contributed by atoms with E-state index in [9.17, 15) is 0 Å². The number of piperazine rings is 1. The molecule has 3 rings (SSSR count). The Balaban J connectivity index is 0.000000810. The molecule has 18 heavy (non-hydrogen) atoms. The van der Waals surface area contributed by atoms with Crippen molar-refractivity contribution >= 4 is 30.5 Å². The topological polar surface area (TPSA) is 33.7 Å². The van der Waals surface area contributed by atoms with Gasteiger partial charge in [-0.1, -0.05) is 0 Å². The van der Waals surface area contributed by atoms with E-state index in [-0.39, 0.29) is 24.8 Å². The monoisotopic (exact) mass is 292 g/mol. The van der Waals surface area contributed by atoms with Gasteiger partial charge in [-0.25, -0.2) is 0 Å². The number of nitrogens with one attached hydrogen (secondary N) is 1. The second-order valence-electron chi connectivity index (χ2n) is 4.07. The van der Waals surface area contributed by atoms with E-state index >= 15 is 0 Å². The van der Waals surface area contributed by atoms with E-state index in [1.807, 2.05) is 6.07 Å². The first-order valence-electron chi connectivity index (χ1n) is 5.79. The van der Waals surface area contributed by atoms with Crippen LogP contribution in [0.15, 0.2) is 18.2 Å². The highest BCUT2D eigenvalue weighted by Gasteiger charge is 2.15. The Hall–Kier alpha value is -0.840. The van der Waals surface area contributed by atoms with Gasteiger partial charge >= 0.3 is 0 Å². The molecule has 0 aliphatic carbocycles. The lowest BCUT2D eigenvalue weighted by Crippen LogP contribution is -2.43. The minimum Gasteiger partial charge on any atom is -0.486 e. The molecule has 0 aromatic heterocycles. The van der Waals surface area contributed by atoms with Crippen molar-refractivity contribution in [1.82, 2.24) is 5.32 Å². The van der Waals surface area contributed by atoms with Crippen molar-refractivity contribution in [3.8, 4) is 11.5 Å². The summed E-state index contributed by atoms with van der Waals surface area (Å²) in [7, 11) is 0. The summed E-state index contributed by atoms with van der Waals surface area (Å²) in [5.41, 5.74) is 1.23. The maximum Gasteiger partial charge on any atom is 0.163 e. The summed E-state index contributed by atoms with van der Waals surface area (Å²) >= 11 is 0. The normalized spacial score (nSPS) is 17.4. The van der Waals surface area contributed by atoms with Crippen LogP contribution in [0.1, 0.15) is 0 Å². The lowest BCUT2D eigenvalue weighted by atomic mass is 10.2. The van der Waals surface area contributed by atoms with E-state index in [0.29, 0.717) is 13.2 Å². The summed E-state index contributed by atoms with van der Waals surface area (Å²) < 4.78 is 11.1. The Morgan fingerprint density at radius 1 is 0.944 bits per heavy atom. The van der Waals surface area contributed by atoms with Gasteiger partial charge in [-0.15, -0.1) is 24.8 Å². The summed E-state index contributed by atoms with van der Waals surface area (Å²) in [5, 5.41) is 3.35. The number of hydrogen-bond acceptors (Lipinski definition) is 4. The maximum atomic E-state index is 5.59. The highest BCUT2D eigenvalue weighted by atomic mass is 35.5. The number of fused-ring (bicyclic) bond motifs is 1. The predicted octanol–water partition coefficient (Wildman–Crippen LogP) is 1.71. The Labute approximate surface area is 119 Å². The van der Waals surface area contributed by atoms with Crippen LogP contribution >= 0.6 is 24.8 Å². The van der Waals surface area contributed by atoms with Crippen LogP contribution in [-0.4, -0.2) is 39.4 Å². The third kappa shape index (κ3) is 3.13. The van der Waals surface area contributed by atoms with Crippen LogP contribution in [0.25, 0.3) is 0 Å². The van der Waals surface area contributed by atoms with Crippen LogP contribution in [-0.2, 0) is 0 Å². The van der Waals surface area contributed by atoms with Gasteiger partial charge in [0.15, 0.2) is 11.5 Å². The van der Waals surface area contributed by atoms with E-state index in [2.05, 4.69) is 22.3 Å². The minimum atomic E-state index is 0. The average molecular weight is 293 g/mol. The molecule has 2 aliphatic rings. The van der Waals surface area contributed by atoms with Gasteiger partial charge in [0, 0.05) is 37.9 Å². The molecular formula is C12H18Cl2N2O2. The van der Waals surface area contributed by atoms with Crippen LogP contribution in [0.4, 0.5) is 5.69 Å². The second kappa shape index (κ2) is 6.92. The number of hydrogen-bond donors (Lipinski definition) is 1. The largest absolute Gasteiger partial charge is 0.486 e. The molecule has 0 bridgehead atoms. The Bertz CT molecular complexity index is 384. The van der Waals surface area contributed by atoms with Gasteiger partial charge in [0.05, 0.1) is 0 Å². The average Bonchev–Trinajstić information content (AvgIpc) is 2.39. The van der Waals surface area contributed by atoms with Crippen molar-refractivity contribution in [2.75, 3.05) is 44.3 Å². The predicted molar refractivity (Wildman–Crippen MR) is 77.0 cm³/mol. The number of nitrogens with zero attached hydrogens (tertiary/aromatic N) is 1. The van der Waals surface area contributed by atoms with Gasteiger partial charge in [-0.05, 0) is 12.1 Å². The minimum absolute atomic E-state index is 0. The first-order chi connectivity index (χ1) is 7.93. The fraction of sp³-hybridized carbons (Fsp3) is 0.500. The first kappa shape index (κ1) is 15.2. The fourth-order valence-corrected chi connectivity index (χ4v) is 2.15. The highest BCUT2D eigenvalue weighted by Crippen LogP contribution is 2.33. The zero-order chi connectivity index (χ0) is 10.8. The molecule has 1 aromatic carbocycles. The maximum absolute atomic E-state index is 5.59. The molecule has 0 unspecified atom stereocenters. The molecule has 1 N–H and O–H groups in total. The zero-order valence-corrected chi connectivity index (χ0v) is 11.7. The Morgan fingerprint density at radius 2 is 1.61 bits per heavy atom. The molecular weight excluding hydrogens is 275 g/mol. The number of anilines is 1. The smallest absolute Gasteiger partial charge is 0.163 e. The summed E-state index contributed by atoms with van der Waals surface area (Å²) in [5.74, 6) is 1.74. The summed E-state index contributed by atoms with van der Waals surface area (Å²) in [6.07, 6.45) is 0. The zero-order valence-electron chi connectivity index (χ0n) is 10.1. The molecule has 0 radical (unpaired) electrons. The molecule has 1 aromatic rings. The van der Waals surface area contributed by atoms with Crippen molar-refractivity contribution in [1.29, 1.82) is 0 Å². The molecule has 0 amide bonds. The Kier molecular flexibility index (Phi) is 5.85. The van der Waals surface area contributed by atoms with Crippen LogP contribution in [0.5, 0.6) is 11.5 Å². The van der Waals surface area contributed by atoms with Crippen LogP contribution in [0.2, 0.25) is 0 Å². The number of rotatable bonds is 1. The summed E-state index contributed by atoms with van der Waals surface area (Å²) in [6.45, 7) is 5.51. The second-order valence-corrected chi connectivity index (χ2v) is 4.07. The third-order valence-corrected chi connectivity index (χ3v) is 3.01. The van der Waals surface area contributed by atoms with Gasteiger partial charge < -0.3 is 19.7 Å². The molecule has 2 aliphatic heterocycles. The van der Waals surface area contributed by atoms with E-state index < -0.39 is 0 Å². The molecule has 2 heterocycles. The molecule has 6 heteroatoms.